The lowest BCUT2D eigenvalue weighted by molar-refractivity contribution is 0.625. The van der Waals surface area contributed by atoms with Crippen LogP contribution >= 0.6 is 15.9 Å². The number of benzene rings is 2. The smallest absolute Gasteiger partial charge is 0.0577 e. The Morgan fingerprint density at radius 1 is 1.00 bits per heavy atom. The zero-order valence-corrected chi connectivity index (χ0v) is 14.1. The molecule has 21 heavy (non-hydrogen) atoms. The first-order chi connectivity index (χ1) is 10.3. The minimum Gasteiger partial charge on any atom is -0.307 e. The molecule has 1 aliphatic rings. The summed E-state index contributed by atoms with van der Waals surface area (Å²) in [4.78, 5) is 0. The van der Waals surface area contributed by atoms with Gasteiger partial charge in [0.2, 0.25) is 0 Å². The van der Waals surface area contributed by atoms with Crippen molar-refractivity contribution < 1.29 is 0 Å². The van der Waals surface area contributed by atoms with Crippen molar-refractivity contribution in [2.45, 2.75) is 38.6 Å². The summed E-state index contributed by atoms with van der Waals surface area (Å²) in [5, 5.41) is 3.63. The highest BCUT2D eigenvalue weighted by Crippen LogP contribution is 2.29. The van der Waals surface area contributed by atoms with Crippen LogP contribution in [0.2, 0.25) is 0 Å². The van der Waals surface area contributed by atoms with E-state index >= 15 is 0 Å². The fourth-order valence-electron chi connectivity index (χ4n) is 3.25. The quantitative estimate of drug-likeness (QED) is 0.821. The molecule has 0 heterocycles. The third-order valence-electron chi connectivity index (χ3n) is 4.30. The fraction of sp³-hybridized carbons (Fsp3) is 0.368. The van der Waals surface area contributed by atoms with Gasteiger partial charge in [0, 0.05) is 4.47 Å². The molecule has 0 radical (unpaired) electrons. The molecule has 110 valence electrons. The van der Waals surface area contributed by atoms with Crippen LogP contribution in [-0.2, 0) is 12.8 Å². The SMILES string of the molecule is CCNC(c1cccc(Br)c1)c1ccc2c(c1)CCCC2. The maximum Gasteiger partial charge on any atom is 0.0577 e. The maximum absolute atomic E-state index is 3.63. The third kappa shape index (κ3) is 3.38. The van der Waals surface area contributed by atoms with Gasteiger partial charge in [0.05, 0.1) is 6.04 Å². The number of rotatable bonds is 4. The summed E-state index contributed by atoms with van der Waals surface area (Å²) in [6.07, 6.45) is 5.16. The molecule has 1 nitrogen and oxygen atoms in total. The van der Waals surface area contributed by atoms with Crippen LogP contribution < -0.4 is 5.32 Å². The van der Waals surface area contributed by atoms with Crippen LogP contribution in [0.4, 0.5) is 0 Å². The first kappa shape index (κ1) is 14.8. The molecule has 0 amide bonds. The Balaban J connectivity index is 1.97. The molecule has 0 spiro atoms. The lowest BCUT2D eigenvalue weighted by atomic mass is 9.88. The monoisotopic (exact) mass is 343 g/mol. The maximum atomic E-state index is 3.63. The van der Waals surface area contributed by atoms with Gasteiger partial charge in [-0.3, -0.25) is 0 Å². The molecule has 0 saturated heterocycles. The second-order valence-electron chi connectivity index (χ2n) is 5.78. The number of hydrogen-bond donors (Lipinski definition) is 1. The first-order valence-electron chi connectivity index (χ1n) is 7.88. The van der Waals surface area contributed by atoms with Crippen LogP contribution in [0, 0.1) is 0 Å². The van der Waals surface area contributed by atoms with Gasteiger partial charge in [-0.1, -0.05) is 53.2 Å². The van der Waals surface area contributed by atoms with Gasteiger partial charge < -0.3 is 5.32 Å². The minimum atomic E-state index is 0.278. The van der Waals surface area contributed by atoms with E-state index in [1.165, 1.54) is 36.8 Å². The average molecular weight is 344 g/mol. The van der Waals surface area contributed by atoms with E-state index in [-0.39, 0.29) is 6.04 Å². The Bertz CT molecular complexity index is 621. The van der Waals surface area contributed by atoms with Crippen molar-refractivity contribution >= 4 is 15.9 Å². The molecule has 1 atom stereocenters. The van der Waals surface area contributed by atoms with E-state index in [0.717, 1.165) is 11.0 Å². The summed E-state index contributed by atoms with van der Waals surface area (Å²) in [6, 6.07) is 16.0. The van der Waals surface area contributed by atoms with E-state index < -0.39 is 0 Å². The van der Waals surface area contributed by atoms with E-state index in [0.29, 0.717) is 0 Å². The lowest BCUT2D eigenvalue weighted by Crippen LogP contribution is -2.22. The fourth-order valence-corrected chi connectivity index (χ4v) is 3.67. The van der Waals surface area contributed by atoms with Crippen molar-refractivity contribution in [3.8, 4) is 0 Å². The molecule has 1 N–H and O–H groups in total. The highest BCUT2D eigenvalue weighted by molar-refractivity contribution is 9.10. The number of nitrogens with one attached hydrogen (secondary N) is 1. The number of fused-ring (bicyclic) bond motifs is 1. The van der Waals surface area contributed by atoms with E-state index in [1.807, 2.05) is 0 Å². The largest absolute Gasteiger partial charge is 0.307 e. The van der Waals surface area contributed by atoms with Crippen LogP contribution in [0.1, 0.15) is 48.1 Å². The molecule has 2 heteroatoms. The van der Waals surface area contributed by atoms with Crippen molar-refractivity contribution in [3.63, 3.8) is 0 Å². The third-order valence-corrected chi connectivity index (χ3v) is 4.79. The number of halogens is 1. The highest BCUT2D eigenvalue weighted by Gasteiger charge is 2.16. The molecule has 0 bridgehead atoms. The molecule has 2 aromatic rings. The summed E-state index contributed by atoms with van der Waals surface area (Å²) in [5.41, 5.74) is 5.81. The van der Waals surface area contributed by atoms with Gasteiger partial charge in [-0.2, -0.15) is 0 Å². The van der Waals surface area contributed by atoms with Gasteiger partial charge >= 0.3 is 0 Å². The standard InChI is InChI=1S/C19H22BrN/c1-2-21-19(16-8-5-9-18(20)13-16)17-11-10-14-6-3-4-7-15(14)12-17/h5,8-13,19,21H,2-4,6-7H2,1H3. The second kappa shape index (κ2) is 6.76. The summed E-state index contributed by atoms with van der Waals surface area (Å²) < 4.78 is 1.14. The van der Waals surface area contributed by atoms with Gasteiger partial charge in [-0.25, -0.2) is 0 Å². The molecule has 2 aromatic carbocycles. The molecule has 0 aromatic heterocycles. The van der Waals surface area contributed by atoms with Crippen LogP contribution in [-0.4, -0.2) is 6.54 Å². The minimum absolute atomic E-state index is 0.278. The highest BCUT2D eigenvalue weighted by atomic mass is 79.9. The molecule has 0 saturated carbocycles. The summed E-state index contributed by atoms with van der Waals surface area (Å²) in [6.45, 7) is 3.14. The van der Waals surface area contributed by atoms with Crippen LogP contribution in [0.15, 0.2) is 46.9 Å². The van der Waals surface area contributed by atoms with Gasteiger partial charge in [-0.05, 0) is 66.6 Å². The van der Waals surface area contributed by atoms with Gasteiger partial charge in [-0.15, -0.1) is 0 Å². The molecular formula is C19H22BrN. The Hall–Kier alpha value is -1.12. The van der Waals surface area contributed by atoms with Gasteiger partial charge in [0.25, 0.3) is 0 Å². The average Bonchev–Trinajstić information content (AvgIpc) is 2.52. The van der Waals surface area contributed by atoms with Crippen molar-refractivity contribution in [2.75, 3.05) is 6.54 Å². The Morgan fingerprint density at radius 2 is 1.76 bits per heavy atom. The van der Waals surface area contributed by atoms with Crippen molar-refractivity contribution in [1.29, 1.82) is 0 Å². The van der Waals surface area contributed by atoms with Crippen LogP contribution in [0.5, 0.6) is 0 Å². The van der Waals surface area contributed by atoms with Crippen molar-refractivity contribution in [3.05, 3.63) is 69.2 Å². The van der Waals surface area contributed by atoms with Gasteiger partial charge in [0.15, 0.2) is 0 Å². The van der Waals surface area contributed by atoms with E-state index in [1.54, 1.807) is 11.1 Å². The first-order valence-corrected chi connectivity index (χ1v) is 8.68. The zero-order valence-electron chi connectivity index (χ0n) is 12.5. The molecule has 3 rings (SSSR count). The Kier molecular flexibility index (Phi) is 4.77. The molecule has 0 fully saturated rings. The molecular weight excluding hydrogens is 322 g/mol. The predicted molar refractivity (Wildman–Crippen MR) is 92.7 cm³/mol. The van der Waals surface area contributed by atoms with Crippen LogP contribution in [0.3, 0.4) is 0 Å². The topological polar surface area (TPSA) is 12.0 Å². The molecule has 1 aliphatic carbocycles. The second-order valence-corrected chi connectivity index (χ2v) is 6.70. The summed E-state index contributed by atoms with van der Waals surface area (Å²) in [7, 11) is 0. The normalized spacial score (nSPS) is 15.5. The van der Waals surface area contributed by atoms with Crippen LogP contribution in [0.25, 0.3) is 0 Å². The van der Waals surface area contributed by atoms with E-state index in [2.05, 4.69) is 70.6 Å². The summed E-state index contributed by atoms with van der Waals surface area (Å²) >= 11 is 3.59. The number of aryl methyl sites for hydroxylation is 2. The Labute approximate surface area is 135 Å². The summed E-state index contributed by atoms with van der Waals surface area (Å²) in [5.74, 6) is 0. The number of hydrogen-bond acceptors (Lipinski definition) is 1. The zero-order chi connectivity index (χ0) is 14.7. The molecule has 1 unspecified atom stereocenters. The van der Waals surface area contributed by atoms with Gasteiger partial charge in [0.1, 0.15) is 0 Å². The predicted octanol–water partition coefficient (Wildman–Crippen LogP) is 5.03. The van der Waals surface area contributed by atoms with E-state index in [9.17, 15) is 0 Å². The van der Waals surface area contributed by atoms with Crippen molar-refractivity contribution in [1.82, 2.24) is 5.32 Å². The Morgan fingerprint density at radius 3 is 2.52 bits per heavy atom. The van der Waals surface area contributed by atoms with Crippen molar-refractivity contribution in [2.24, 2.45) is 0 Å². The van der Waals surface area contributed by atoms with E-state index in [4.69, 9.17) is 0 Å². The molecule has 0 aliphatic heterocycles. The lowest BCUT2D eigenvalue weighted by Gasteiger charge is -2.23.